The Morgan fingerprint density at radius 1 is 1.17 bits per heavy atom. The summed E-state index contributed by atoms with van der Waals surface area (Å²) in [6.07, 6.45) is 0. The predicted octanol–water partition coefficient (Wildman–Crippen LogP) is 3.34. The average Bonchev–Trinajstić information content (AvgIpc) is 3.11. The summed E-state index contributed by atoms with van der Waals surface area (Å²) >= 11 is 6.16. The first-order valence-corrected chi connectivity index (χ1v) is 9.30. The van der Waals surface area contributed by atoms with Crippen molar-refractivity contribution in [2.45, 2.75) is 19.9 Å². The van der Waals surface area contributed by atoms with Crippen LogP contribution in [0.4, 0.5) is 5.69 Å². The monoisotopic (exact) mass is 435 g/mol. The zero-order valence-corrected chi connectivity index (χ0v) is 17.6. The van der Waals surface area contributed by atoms with E-state index in [1.165, 1.54) is 0 Å². The van der Waals surface area contributed by atoms with E-state index in [4.69, 9.17) is 17.3 Å². The van der Waals surface area contributed by atoms with Gasteiger partial charge in [0, 0.05) is 11.3 Å². The molecule has 3 aromatic rings. The number of para-hydroxylation sites is 1. The van der Waals surface area contributed by atoms with Crippen LogP contribution in [0, 0.1) is 5.92 Å². The van der Waals surface area contributed by atoms with Crippen molar-refractivity contribution < 1.29 is 9.59 Å². The van der Waals surface area contributed by atoms with E-state index in [2.05, 4.69) is 20.6 Å². The van der Waals surface area contributed by atoms with Gasteiger partial charge in [-0.15, -0.1) is 12.4 Å². The maximum Gasteiger partial charge on any atom is 0.243 e. The number of amides is 2. The normalized spacial score (nSPS) is 11.8. The Morgan fingerprint density at radius 2 is 1.86 bits per heavy atom. The molecule has 2 amide bonds. The summed E-state index contributed by atoms with van der Waals surface area (Å²) in [5, 5.41) is 5.86. The topological polar surface area (TPSA) is 113 Å². The summed E-state index contributed by atoms with van der Waals surface area (Å²) in [6.45, 7) is 3.56. The van der Waals surface area contributed by atoms with Gasteiger partial charge in [0.2, 0.25) is 11.8 Å². The van der Waals surface area contributed by atoms with Gasteiger partial charge in [-0.05, 0) is 42.3 Å². The molecule has 3 rings (SSSR count). The number of anilines is 1. The maximum absolute atomic E-state index is 12.0. The molecule has 0 unspecified atom stereocenters. The summed E-state index contributed by atoms with van der Waals surface area (Å²) in [5.41, 5.74) is 8.80. The van der Waals surface area contributed by atoms with Crippen LogP contribution in [0.1, 0.15) is 13.8 Å². The average molecular weight is 436 g/mol. The van der Waals surface area contributed by atoms with Gasteiger partial charge in [-0.25, -0.2) is 4.98 Å². The van der Waals surface area contributed by atoms with Crippen LogP contribution in [0.15, 0.2) is 42.5 Å². The van der Waals surface area contributed by atoms with Gasteiger partial charge in [-0.3, -0.25) is 9.59 Å². The molecule has 1 atom stereocenters. The van der Waals surface area contributed by atoms with Crippen LogP contribution >= 0.6 is 24.0 Å². The second kappa shape index (κ2) is 9.73. The number of hydrogen-bond donors (Lipinski definition) is 4. The molecule has 5 N–H and O–H groups in total. The number of hydrogen-bond acceptors (Lipinski definition) is 4. The van der Waals surface area contributed by atoms with Gasteiger partial charge < -0.3 is 21.4 Å². The molecule has 2 aromatic carbocycles. The van der Waals surface area contributed by atoms with Gasteiger partial charge >= 0.3 is 0 Å². The molecule has 0 aliphatic carbocycles. The Labute approximate surface area is 179 Å². The van der Waals surface area contributed by atoms with Crippen LogP contribution in [0.3, 0.4) is 0 Å². The summed E-state index contributed by atoms with van der Waals surface area (Å²) < 4.78 is 0. The first kappa shape index (κ1) is 22.7. The van der Waals surface area contributed by atoms with Crippen molar-refractivity contribution in [1.82, 2.24) is 15.3 Å². The van der Waals surface area contributed by atoms with Crippen molar-refractivity contribution in [2.75, 3.05) is 11.9 Å². The highest BCUT2D eigenvalue weighted by Crippen LogP contribution is 2.26. The predicted molar refractivity (Wildman–Crippen MR) is 118 cm³/mol. The van der Waals surface area contributed by atoms with Crippen LogP contribution in [0.2, 0.25) is 5.02 Å². The Kier molecular flexibility index (Phi) is 7.61. The van der Waals surface area contributed by atoms with Crippen LogP contribution in [-0.2, 0) is 9.59 Å². The van der Waals surface area contributed by atoms with Gasteiger partial charge in [-0.2, -0.15) is 0 Å². The minimum atomic E-state index is -0.635. The fraction of sp³-hybridized carbons (Fsp3) is 0.250. The number of nitrogens with one attached hydrogen (secondary N) is 3. The van der Waals surface area contributed by atoms with E-state index in [9.17, 15) is 9.59 Å². The minimum absolute atomic E-state index is 0. The molecular weight excluding hydrogens is 413 g/mol. The van der Waals surface area contributed by atoms with Crippen molar-refractivity contribution in [3.63, 3.8) is 0 Å². The largest absolute Gasteiger partial charge is 0.346 e. The molecule has 0 aliphatic rings. The molecule has 0 saturated carbocycles. The second-order valence-electron chi connectivity index (χ2n) is 6.83. The molecule has 154 valence electrons. The molecule has 0 spiro atoms. The summed E-state index contributed by atoms with van der Waals surface area (Å²) in [6, 6.07) is 12.1. The van der Waals surface area contributed by atoms with Crippen molar-refractivity contribution in [2.24, 2.45) is 11.7 Å². The smallest absolute Gasteiger partial charge is 0.243 e. The number of imidazole rings is 1. The van der Waals surface area contributed by atoms with Crippen molar-refractivity contribution in [3.8, 4) is 11.4 Å². The minimum Gasteiger partial charge on any atom is -0.346 e. The number of nitrogens with zero attached hydrogens (tertiary/aromatic N) is 1. The van der Waals surface area contributed by atoms with Gasteiger partial charge in [-0.1, -0.05) is 31.5 Å². The fourth-order valence-electron chi connectivity index (χ4n) is 2.64. The number of nitrogens with two attached hydrogens (primary N) is 1. The van der Waals surface area contributed by atoms with E-state index < -0.39 is 6.04 Å². The lowest BCUT2D eigenvalue weighted by Gasteiger charge is -2.15. The standard InChI is InChI=1S/C20H22ClN5O2.ClH/c1-11(2)17(22)20(28)23-10-16(27)24-13-8-6-12(7-9-13)19-25-15-5-3-4-14(21)18(15)26-19;/h3-9,11,17H,10,22H2,1-2H3,(H,23,28)(H,24,27)(H,25,26);1H/t17-;/m0./s1. The highest BCUT2D eigenvalue weighted by atomic mass is 35.5. The van der Waals surface area contributed by atoms with Gasteiger partial charge in [0.25, 0.3) is 0 Å². The molecule has 0 aliphatic heterocycles. The molecule has 0 bridgehead atoms. The Hall–Kier alpha value is -2.61. The molecule has 0 saturated heterocycles. The second-order valence-corrected chi connectivity index (χ2v) is 7.24. The molecule has 0 radical (unpaired) electrons. The quantitative estimate of drug-likeness (QED) is 0.475. The number of rotatable bonds is 6. The lowest BCUT2D eigenvalue weighted by atomic mass is 10.1. The number of halogens is 2. The van der Waals surface area contributed by atoms with Crippen LogP contribution in [0.5, 0.6) is 0 Å². The molecule has 1 heterocycles. The first-order chi connectivity index (χ1) is 13.3. The molecule has 9 heteroatoms. The zero-order valence-electron chi connectivity index (χ0n) is 16.0. The highest BCUT2D eigenvalue weighted by molar-refractivity contribution is 6.35. The first-order valence-electron chi connectivity index (χ1n) is 8.93. The number of aromatic nitrogens is 2. The van der Waals surface area contributed by atoms with Crippen LogP contribution in [-0.4, -0.2) is 34.4 Å². The number of benzene rings is 2. The third-order valence-corrected chi connectivity index (χ3v) is 4.65. The van der Waals surface area contributed by atoms with Crippen LogP contribution in [0.25, 0.3) is 22.4 Å². The molecular formula is C20H23Cl2N5O2. The zero-order chi connectivity index (χ0) is 20.3. The number of carbonyl (C=O) groups excluding carboxylic acids is 2. The number of carbonyl (C=O) groups is 2. The van der Waals surface area contributed by atoms with E-state index in [-0.39, 0.29) is 36.7 Å². The molecule has 29 heavy (non-hydrogen) atoms. The van der Waals surface area contributed by atoms with Crippen LogP contribution < -0.4 is 16.4 Å². The van der Waals surface area contributed by atoms with Gasteiger partial charge in [0.15, 0.2) is 0 Å². The van der Waals surface area contributed by atoms with Gasteiger partial charge in [0.1, 0.15) is 11.3 Å². The number of fused-ring (bicyclic) bond motifs is 1. The van der Waals surface area contributed by atoms with E-state index in [0.717, 1.165) is 11.1 Å². The fourth-order valence-corrected chi connectivity index (χ4v) is 2.86. The van der Waals surface area contributed by atoms with E-state index >= 15 is 0 Å². The molecule has 7 nitrogen and oxygen atoms in total. The Bertz CT molecular complexity index is 1000. The summed E-state index contributed by atoms with van der Waals surface area (Å²) in [4.78, 5) is 31.6. The summed E-state index contributed by atoms with van der Waals surface area (Å²) in [7, 11) is 0. The Morgan fingerprint density at radius 3 is 2.48 bits per heavy atom. The lowest BCUT2D eigenvalue weighted by molar-refractivity contribution is -0.125. The molecule has 0 fully saturated rings. The van der Waals surface area contributed by atoms with E-state index in [1.54, 1.807) is 18.2 Å². The third kappa shape index (κ3) is 5.47. The maximum atomic E-state index is 12.0. The Balaban J connectivity index is 0.00000300. The molecule has 1 aromatic heterocycles. The van der Waals surface area contributed by atoms with Crippen molar-refractivity contribution >= 4 is 52.5 Å². The van der Waals surface area contributed by atoms with E-state index in [0.29, 0.717) is 22.1 Å². The van der Waals surface area contributed by atoms with Crippen molar-refractivity contribution in [3.05, 3.63) is 47.5 Å². The number of aromatic amines is 1. The van der Waals surface area contributed by atoms with E-state index in [1.807, 2.05) is 38.1 Å². The van der Waals surface area contributed by atoms with Crippen molar-refractivity contribution in [1.29, 1.82) is 0 Å². The third-order valence-electron chi connectivity index (χ3n) is 4.35. The number of H-pyrrole nitrogens is 1. The van der Waals surface area contributed by atoms with Gasteiger partial charge in [0.05, 0.1) is 23.1 Å². The SMILES string of the molecule is CC(C)[C@H](N)C(=O)NCC(=O)Nc1ccc(-c2nc3c(Cl)cccc3[nH]2)cc1.Cl. The summed E-state index contributed by atoms with van der Waals surface area (Å²) in [5.74, 6) is 0.0243. The lowest BCUT2D eigenvalue weighted by Crippen LogP contribution is -2.46. The highest BCUT2D eigenvalue weighted by Gasteiger charge is 2.17.